The molecule has 2 aromatic carbocycles. The molecule has 158 valence electrons. The number of nitrogens with zero attached hydrogens (tertiary/aromatic N) is 1. The van der Waals surface area contributed by atoms with E-state index in [1.165, 1.54) is 19.1 Å². The van der Waals surface area contributed by atoms with Gasteiger partial charge in [-0.2, -0.15) is 0 Å². The molecule has 0 spiro atoms. The van der Waals surface area contributed by atoms with Gasteiger partial charge in [-0.3, -0.25) is 9.59 Å². The Morgan fingerprint density at radius 2 is 1.80 bits per heavy atom. The van der Waals surface area contributed by atoms with Gasteiger partial charge in [0.25, 0.3) is 11.7 Å². The average Bonchev–Trinajstić information content (AvgIpc) is 3.01. The lowest BCUT2D eigenvalue weighted by atomic mass is 9.95. The zero-order chi connectivity index (χ0) is 21.8. The Balaban J connectivity index is 2.22. The molecular weight excluding hydrogens is 406 g/mol. The second-order valence-electron chi connectivity index (χ2n) is 6.96. The molecule has 6 nitrogen and oxygen atoms in total. The molecular formula is C23H24ClNO5. The number of rotatable bonds is 7. The van der Waals surface area contributed by atoms with Crippen LogP contribution >= 0.6 is 11.6 Å². The highest BCUT2D eigenvalue weighted by atomic mass is 35.5. The predicted octanol–water partition coefficient (Wildman–Crippen LogP) is 4.58. The Kier molecular flexibility index (Phi) is 6.67. The number of ketones is 1. The van der Waals surface area contributed by atoms with Crippen LogP contribution in [0.15, 0.2) is 48.0 Å². The fourth-order valence-electron chi connectivity index (χ4n) is 3.57. The molecule has 1 saturated heterocycles. The molecule has 2 aromatic rings. The third-order valence-electron chi connectivity index (χ3n) is 5.14. The number of aliphatic hydroxyl groups is 1. The van der Waals surface area contributed by atoms with Gasteiger partial charge in [0.1, 0.15) is 17.3 Å². The van der Waals surface area contributed by atoms with Crippen LogP contribution in [-0.2, 0) is 9.59 Å². The molecule has 0 aromatic heterocycles. The molecule has 1 aliphatic heterocycles. The van der Waals surface area contributed by atoms with Crippen LogP contribution in [0.2, 0.25) is 5.02 Å². The van der Waals surface area contributed by atoms with Crippen LogP contribution in [0.4, 0.5) is 0 Å². The third-order valence-corrected chi connectivity index (χ3v) is 5.39. The first-order valence-electron chi connectivity index (χ1n) is 9.69. The van der Waals surface area contributed by atoms with E-state index in [4.69, 9.17) is 21.1 Å². The summed E-state index contributed by atoms with van der Waals surface area (Å²) in [7, 11) is 2.97. The summed E-state index contributed by atoms with van der Waals surface area (Å²) in [6, 6.07) is 11.1. The van der Waals surface area contributed by atoms with Gasteiger partial charge in [0.15, 0.2) is 0 Å². The normalized spacial score (nSPS) is 18.0. The number of carbonyl (C=O) groups excluding carboxylic acids is 2. The molecule has 0 radical (unpaired) electrons. The highest BCUT2D eigenvalue weighted by molar-refractivity contribution is 6.46. The Morgan fingerprint density at radius 1 is 1.10 bits per heavy atom. The third kappa shape index (κ3) is 4.00. The van der Waals surface area contributed by atoms with Crippen molar-refractivity contribution in [2.45, 2.75) is 25.8 Å². The second kappa shape index (κ2) is 9.22. The number of likely N-dealkylation sites (tertiary alicyclic amines) is 1. The number of benzene rings is 2. The first-order chi connectivity index (χ1) is 14.4. The number of halogens is 1. The largest absolute Gasteiger partial charge is 0.507 e. The Bertz CT molecular complexity index is 984. The Morgan fingerprint density at radius 3 is 2.40 bits per heavy atom. The molecule has 0 saturated carbocycles. The predicted molar refractivity (Wildman–Crippen MR) is 115 cm³/mol. The van der Waals surface area contributed by atoms with Crippen LogP contribution in [0.5, 0.6) is 11.5 Å². The van der Waals surface area contributed by atoms with E-state index in [1.54, 1.807) is 42.5 Å². The molecule has 1 unspecified atom stereocenters. The van der Waals surface area contributed by atoms with Gasteiger partial charge in [-0.05, 0) is 42.3 Å². The first kappa shape index (κ1) is 21.7. The van der Waals surface area contributed by atoms with Crippen molar-refractivity contribution in [3.05, 3.63) is 64.2 Å². The molecule has 30 heavy (non-hydrogen) atoms. The number of carbonyl (C=O) groups is 2. The Labute approximate surface area is 180 Å². The van der Waals surface area contributed by atoms with Gasteiger partial charge in [-0.1, -0.05) is 37.1 Å². The lowest BCUT2D eigenvalue weighted by Crippen LogP contribution is -2.30. The van der Waals surface area contributed by atoms with E-state index in [9.17, 15) is 14.7 Å². The molecule has 1 fully saturated rings. The smallest absolute Gasteiger partial charge is 0.295 e. The molecule has 1 atom stereocenters. The maximum absolute atomic E-state index is 13.0. The lowest BCUT2D eigenvalue weighted by Gasteiger charge is -2.25. The maximum Gasteiger partial charge on any atom is 0.295 e. The summed E-state index contributed by atoms with van der Waals surface area (Å²) in [6.07, 6.45) is 1.60. The van der Waals surface area contributed by atoms with E-state index >= 15 is 0 Å². The van der Waals surface area contributed by atoms with Gasteiger partial charge >= 0.3 is 0 Å². The van der Waals surface area contributed by atoms with Crippen molar-refractivity contribution in [1.82, 2.24) is 4.90 Å². The lowest BCUT2D eigenvalue weighted by molar-refractivity contribution is -0.139. The highest BCUT2D eigenvalue weighted by Crippen LogP contribution is 2.41. The average molecular weight is 430 g/mol. The molecule has 7 heteroatoms. The summed E-state index contributed by atoms with van der Waals surface area (Å²) >= 11 is 6.02. The maximum atomic E-state index is 13.0. The highest BCUT2D eigenvalue weighted by Gasteiger charge is 2.46. The van der Waals surface area contributed by atoms with E-state index in [1.807, 2.05) is 6.92 Å². The molecule has 3 rings (SSSR count). The first-order valence-corrected chi connectivity index (χ1v) is 10.1. The number of hydrogen-bond donors (Lipinski definition) is 1. The van der Waals surface area contributed by atoms with Crippen molar-refractivity contribution < 1.29 is 24.2 Å². The SMILES string of the molecule is CCCCN1C(=O)C(=O)/C(=C(/O)c2cc(OC)ccc2OC)C1c1ccc(Cl)cc1. The van der Waals surface area contributed by atoms with E-state index in [0.717, 1.165) is 12.8 Å². The minimum atomic E-state index is -0.728. The van der Waals surface area contributed by atoms with Gasteiger partial charge < -0.3 is 19.5 Å². The molecule has 0 bridgehead atoms. The van der Waals surface area contributed by atoms with Gasteiger partial charge in [0.05, 0.1) is 31.4 Å². The number of amides is 1. The van der Waals surface area contributed by atoms with Crippen molar-refractivity contribution in [3.63, 3.8) is 0 Å². The minimum Gasteiger partial charge on any atom is -0.507 e. The van der Waals surface area contributed by atoms with Crippen LogP contribution in [0.25, 0.3) is 5.76 Å². The topological polar surface area (TPSA) is 76.1 Å². The quantitative estimate of drug-likeness (QED) is 0.396. The molecule has 1 heterocycles. The fourth-order valence-corrected chi connectivity index (χ4v) is 3.70. The van der Waals surface area contributed by atoms with Crippen molar-refractivity contribution in [2.24, 2.45) is 0 Å². The van der Waals surface area contributed by atoms with Crippen LogP contribution in [0, 0.1) is 0 Å². The summed E-state index contributed by atoms with van der Waals surface area (Å²) in [4.78, 5) is 27.3. The van der Waals surface area contributed by atoms with E-state index in [0.29, 0.717) is 28.6 Å². The summed E-state index contributed by atoms with van der Waals surface area (Å²) < 4.78 is 10.6. The van der Waals surface area contributed by atoms with Crippen LogP contribution in [-0.4, -0.2) is 42.5 Å². The van der Waals surface area contributed by atoms with Crippen molar-refractivity contribution in [2.75, 3.05) is 20.8 Å². The molecule has 1 aliphatic rings. The van der Waals surface area contributed by atoms with E-state index < -0.39 is 17.7 Å². The van der Waals surface area contributed by atoms with Gasteiger partial charge in [0.2, 0.25) is 0 Å². The van der Waals surface area contributed by atoms with E-state index in [-0.39, 0.29) is 16.9 Å². The zero-order valence-electron chi connectivity index (χ0n) is 17.1. The van der Waals surface area contributed by atoms with Crippen molar-refractivity contribution in [1.29, 1.82) is 0 Å². The Hall–Kier alpha value is -2.99. The molecule has 0 aliphatic carbocycles. The molecule has 1 amide bonds. The van der Waals surface area contributed by atoms with Gasteiger partial charge in [-0.25, -0.2) is 0 Å². The van der Waals surface area contributed by atoms with Crippen LogP contribution < -0.4 is 9.47 Å². The number of unbranched alkanes of at least 4 members (excludes halogenated alkanes) is 1. The number of ether oxygens (including phenoxy) is 2. The fraction of sp³-hybridized carbons (Fsp3) is 0.304. The summed E-state index contributed by atoms with van der Waals surface area (Å²) in [5, 5.41) is 11.7. The van der Waals surface area contributed by atoms with Crippen LogP contribution in [0.3, 0.4) is 0 Å². The van der Waals surface area contributed by atoms with Gasteiger partial charge in [-0.15, -0.1) is 0 Å². The summed E-state index contributed by atoms with van der Waals surface area (Å²) in [5.41, 5.74) is 0.993. The van der Waals surface area contributed by atoms with E-state index in [2.05, 4.69) is 0 Å². The van der Waals surface area contributed by atoms with Gasteiger partial charge in [0, 0.05) is 11.6 Å². The number of Topliss-reactive ketones (excluding diaryl/α,β-unsaturated/α-hetero) is 1. The number of methoxy groups -OCH3 is 2. The minimum absolute atomic E-state index is 0.0185. The molecule has 1 N–H and O–H groups in total. The number of aliphatic hydroxyl groups excluding tert-OH is 1. The zero-order valence-corrected chi connectivity index (χ0v) is 17.9. The summed E-state index contributed by atoms with van der Waals surface area (Å²) in [5.74, 6) is -0.813. The van der Waals surface area contributed by atoms with Crippen molar-refractivity contribution in [3.8, 4) is 11.5 Å². The van der Waals surface area contributed by atoms with Crippen molar-refractivity contribution >= 4 is 29.1 Å². The standard InChI is InChI=1S/C23H24ClNO5/c1-4-5-12-25-20(14-6-8-15(24)9-7-14)19(22(27)23(25)28)21(26)17-13-16(29-2)10-11-18(17)30-3/h6-11,13,20,26H,4-5,12H2,1-3H3/b21-19+. The van der Waals surface area contributed by atoms with Crippen LogP contribution in [0.1, 0.15) is 36.9 Å². The summed E-state index contributed by atoms with van der Waals surface area (Å²) in [6.45, 7) is 2.41. The number of hydrogen-bond acceptors (Lipinski definition) is 5. The second-order valence-corrected chi connectivity index (χ2v) is 7.40. The monoisotopic (exact) mass is 429 g/mol.